The summed E-state index contributed by atoms with van der Waals surface area (Å²) in [6.07, 6.45) is -1.62. The highest BCUT2D eigenvalue weighted by atomic mass is 19.4. The van der Waals surface area contributed by atoms with Crippen LogP contribution in [0, 0.1) is 5.82 Å². The molecule has 0 amide bonds. The molecule has 0 aliphatic rings. The van der Waals surface area contributed by atoms with Crippen molar-refractivity contribution in [1.82, 2.24) is 0 Å². The average molecular weight is 747 g/mol. The van der Waals surface area contributed by atoms with Gasteiger partial charge in [0.25, 0.3) is 0 Å². The zero-order valence-electron chi connectivity index (χ0n) is 28.4. The number of benzene rings is 3. The molecule has 0 heterocycles. The molecule has 0 saturated carbocycles. The van der Waals surface area contributed by atoms with Gasteiger partial charge in [-0.1, -0.05) is 50.5 Å². The molecule has 0 aliphatic heterocycles. The Bertz CT molecular complexity index is 1620. The van der Waals surface area contributed by atoms with Crippen LogP contribution in [0.15, 0.2) is 66.7 Å². The van der Waals surface area contributed by atoms with E-state index >= 15 is 0 Å². The Morgan fingerprint density at radius 2 is 1.27 bits per heavy atom. The summed E-state index contributed by atoms with van der Waals surface area (Å²) >= 11 is 0. The largest absolute Gasteiger partial charge is 0.494 e. The molecule has 0 aliphatic carbocycles. The highest BCUT2D eigenvalue weighted by Crippen LogP contribution is 2.47. The summed E-state index contributed by atoms with van der Waals surface area (Å²) in [6.45, 7) is 3.23. The van der Waals surface area contributed by atoms with Gasteiger partial charge in [0.2, 0.25) is 0 Å². The molecule has 0 saturated heterocycles. The maximum atomic E-state index is 14.7. The first-order valence-corrected chi connectivity index (χ1v) is 16.5. The number of carbonyl (C=O) groups excluding carboxylic acids is 3. The van der Waals surface area contributed by atoms with Crippen LogP contribution in [0.1, 0.15) is 85.9 Å². The predicted octanol–water partition coefficient (Wildman–Crippen LogP) is 10.2. The van der Waals surface area contributed by atoms with Crippen molar-refractivity contribution in [2.75, 3.05) is 13.2 Å². The van der Waals surface area contributed by atoms with Crippen molar-refractivity contribution < 1.29 is 68.5 Å². The lowest BCUT2D eigenvalue weighted by Gasteiger charge is -2.26. The van der Waals surface area contributed by atoms with Crippen molar-refractivity contribution in [3.8, 4) is 22.6 Å². The molecular formula is C37H38F8O7. The molecule has 0 spiro atoms. The molecule has 0 bridgehead atoms. The van der Waals surface area contributed by atoms with E-state index in [-0.39, 0.29) is 42.4 Å². The van der Waals surface area contributed by atoms with Gasteiger partial charge in [-0.3, -0.25) is 0 Å². The lowest BCUT2D eigenvalue weighted by atomic mass is 10.0. The van der Waals surface area contributed by atoms with Crippen LogP contribution < -0.4 is 9.47 Å². The van der Waals surface area contributed by atoms with Gasteiger partial charge in [0.05, 0.1) is 30.4 Å². The second kappa shape index (κ2) is 18.7. The number of carbonyl (C=O) groups is 3. The molecule has 7 nitrogen and oxygen atoms in total. The van der Waals surface area contributed by atoms with E-state index in [2.05, 4.69) is 11.7 Å². The summed E-state index contributed by atoms with van der Waals surface area (Å²) in [5.74, 6) is -17.9. The van der Waals surface area contributed by atoms with Gasteiger partial charge in [-0.25, -0.2) is 18.8 Å². The van der Waals surface area contributed by atoms with Crippen LogP contribution in [0.2, 0.25) is 0 Å². The van der Waals surface area contributed by atoms with Crippen LogP contribution in [0.5, 0.6) is 11.5 Å². The van der Waals surface area contributed by atoms with Crippen LogP contribution in [0.25, 0.3) is 11.1 Å². The molecule has 284 valence electrons. The maximum absolute atomic E-state index is 14.7. The summed E-state index contributed by atoms with van der Waals surface area (Å²) in [5, 5.41) is 0. The maximum Gasteiger partial charge on any atom is 0.460 e. The van der Waals surface area contributed by atoms with E-state index in [1.54, 1.807) is 43.3 Å². The molecule has 3 aromatic rings. The summed E-state index contributed by atoms with van der Waals surface area (Å²) in [5.41, 5.74) is 1.62. The van der Waals surface area contributed by atoms with Crippen LogP contribution in [0.3, 0.4) is 0 Å². The normalized spacial score (nSPS) is 12.6. The fraction of sp³-hybridized carbons (Fsp3) is 0.432. The van der Waals surface area contributed by atoms with E-state index in [1.165, 1.54) is 24.3 Å². The fourth-order valence-electron chi connectivity index (χ4n) is 4.71. The molecule has 0 aromatic heterocycles. The van der Waals surface area contributed by atoms with E-state index in [9.17, 15) is 49.5 Å². The summed E-state index contributed by atoms with van der Waals surface area (Å²) in [7, 11) is 0. The molecule has 0 radical (unpaired) electrons. The van der Waals surface area contributed by atoms with Crippen LogP contribution in [-0.4, -0.2) is 55.2 Å². The number of esters is 3. The second-order valence-corrected chi connectivity index (χ2v) is 11.9. The van der Waals surface area contributed by atoms with E-state index in [4.69, 9.17) is 14.2 Å². The zero-order valence-corrected chi connectivity index (χ0v) is 28.4. The number of unbranched alkanes of at least 4 members (excludes halogenated alkanes) is 5. The molecule has 0 fully saturated rings. The SMILES string of the molecule is CCCCCC[C@H](C)OC(=O)c1ccc(OC(=O)c2ccc(-c3ccc(OCCCCCOC(=O)C(F)(F)C(F)(F)C(F)(F)F)cc3)cc2)c(F)c1. The predicted molar refractivity (Wildman–Crippen MR) is 173 cm³/mol. The van der Waals surface area contributed by atoms with Crippen LogP contribution in [0.4, 0.5) is 35.1 Å². The van der Waals surface area contributed by atoms with Crippen molar-refractivity contribution in [3.05, 3.63) is 83.7 Å². The van der Waals surface area contributed by atoms with E-state index in [0.29, 0.717) is 18.6 Å². The summed E-state index contributed by atoms with van der Waals surface area (Å²) < 4.78 is 124. The number of alkyl halides is 7. The first kappa shape index (κ1) is 41.7. The first-order chi connectivity index (χ1) is 24.5. The molecule has 15 heteroatoms. The van der Waals surface area contributed by atoms with Crippen molar-refractivity contribution >= 4 is 17.9 Å². The van der Waals surface area contributed by atoms with Gasteiger partial charge in [0.1, 0.15) is 5.75 Å². The van der Waals surface area contributed by atoms with E-state index < -0.39 is 48.4 Å². The van der Waals surface area contributed by atoms with Crippen molar-refractivity contribution in [2.24, 2.45) is 0 Å². The number of halogens is 8. The van der Waals surface area contributed by atoms with Gasteiger partial charge in [-0.15, -0.1) is 0 Å². The minimum atomic E-state index is -6.63. The van der Waals surface area contributed by atoms with Gasteiger partial charge in [0.15, 0.2) is 11.6 Å². The van der Waals surface area contributed by atoms with Crippen LogP contribution >= 0.6 is 0 Å². The first-order valence-electron chi connectivity index (χ1n) is 16.5. The molecule has 0 N–H and O–H groups in total. The van der Waals surface area contributed by atoms with Gasteiger partial charge in [-0.05, 0) is 92.6 Å². The smallest absolute Gasteiger partial charge is 0.460 e. The molecule has 52 heavy (non-hydrogen) atoms. The number of ether oxygens (including phenoxy) is 4. The molecule has 1 atom stereocenters. The molecule has 3 aromatic carbocycles. The quantitative estimate of drug-likeness (QED) is 0.0522. The van der Waals surface area contributed by atoms with Gasteiger partial charge in [-0.2, -0.15) is 30.7 Å². The lowest BCUT2D eigenvalue weighted by molar-refractivity contribution is -0.348. The van der Waals surface area contributed by atoms with Crippen LogP contribution in [-0.2, 0) is 14.3 Å². The Morgan fingerprint density at radius 3 is 1.87 bits per heavy atom. The molecule has 3 rings (SSSR count). The van der Waals surface area contributed by atoms with Crippen molar-refractivity contribution in [1.29, 1.82) is 0 Å². The number of hydrogen-bond acceptors (Lipinski definition) is 7. The fourth-order valence-corrected chi connectivity index (χ4v) is 4.71. The Kier molecular flexibility index (Phi) is 15.0. The third kappa shape index (κ3) is 11.4. The third-order valence-electron chi connectivity index (χ3n) is 7.75. The average Bonchev–Trinajstić information content (AvgIpc) is 3.10. The second-order valence-electron chi connectivity index (χ2n) is 11.9. The van der Waals surface area contributed by atoms with Gasteiger partial charge in [0, 0.05) is 0 Å². The third-order valence-corrected chi connectivity index (χ3v) is 7.75. The topological polar surface area (TPSA) is 88.1 Å². The Balaban J connectivity index is 1.41. The standard InChI is InChI=1S/C37H38F8O7/c1-3-4-5-7-10-24(2)51-33(47)28-17-20-31(30(38)23-28)52-32(46)27-13-11-25(12-14-27)26-15-18-29(19-16-26)49-21-8-6-9-22-50-34(48)35(39,40)36(41,42)37(43,44)45/h11-20,23-24H,3-10,21-22H2,1-2H3/t24-/m0/s1. The summed E-state index contributed by atoms with van der Waals surface area (Å²) in [6, 6.07) is 16.5. The van der Waals surface area contributed by atoms with Gasteiger partial charge < -0.3 is 18.9 Å². The highest BCUT2D eigenvalue weighted by Gasteiger charge is 2.77. The Morgan fingerprint density at radius 1 is 0.692 bits per heavy atom. The van der Waals surface area contributed by atoms with Crippen molar-refractivity contribution in [2.45, 2.75) is 89.3 Å². The number of rotatable bonds is 19. The monoisotopic (exact) mass is 746 g/mol. The van der Waals surface area contributed by atoms with E-state index in [0.717, 1.165) is 42.9 Å². The van der Waals surface area contributed by atoms with Gasteiger partial charge >= 0.3 is 35.9 Å². The number of hydrogen-bond donors (Lipinski definition) is 0. The Labute approximate surface area is 295 Å². The minimum Gasteiger partial charge on any atom is -0.494 e. The zero-order chi connectivity index (χ0) is 38.5. The molecule has 0 unspecified atom stereocenters. The molecular weight excluding hydrogens is 708 g/mol. The highest BCUT2D eigenvalue weighted by molar-refractivity contribution is 5.92. The summed E-state index contributed by atoms with van der Waals surface area (Å²) in [4.78, 5) is 36.2. The minimum absolute atomic E-state index is 0.00299. The van der Waals surface area contributed by atoms with Crippen molar-refractivity contribution in [3.63, 3.8) is 0 Å². The Hall–Kier alpha value is -4.69. The van der Waals surface area contributed by atoms with E-state index in [1.807, 2.05) is 0 Å². The lowest BCUT2D eigenvalue weighted by Crippen LogP contribution is -2.56.